The van der Waals surface area contributed by atoms with Crippen LogP contribution in [-0.2, 0) is 14.4 Å². The zero-order chi connectivity index (χ0) is 35.1. The van der Waals surface area contributed by atoms with E-state index in [-0.39, 0.29) is 51.9 Å². The lowest BCUT2D eigenvalue weighted by Crippen LogP contribution is -2.67. The Morgan fingerprint density at radius 1 is 0.729 bits per heavy atom. The monoisotopic (exact) mass is 669 g/mol. The number of nitrogens with one attached hydrogen (secondary N) is 2. The first-order valence-electron chi connectivity index (χ1n) is 19.6. The van der Waals surface area contributed by atoms with E-state index in [2.05, 4.69) is 58.8 Å². The minimum atomic E-state index is -0.947. The average molecular weight is 669 g/mol. The average Bonchev–Trinajstić information content (AvgIpc) is 3.43. The highest BCUT2D eigenvalue weighted by Gasteiger charge is 2.71. The van der Waals surface area contributed by atoms with Gasteiger partial charge in [0.25, 0.3) is 0 Å². The van der Waals surface area contributed by atoms with E-state index in [1.807, 2.05) is 0 Å². The lowest BCUT2D eigenvalue weighted by atomic mass is 9.32. The Bertz CT molecular complexity index is 1230. The molecule has 0 aliphatic heterocycles. The number of carbonyl (C=O) groups is 3. The molecule has 0 spiro atoms. The molecule has 7 nitrogen and oxygen atoms in total. The van der Waals surface area contributed by atoms with E-state index in [4.69, 9.17) is 5.11 Å². The largest absolute Gasteiger partial charge is 0.481 e. The predicted molar refractivity (Wildman–Crippen MR) is 191 cm³/mol. The first-order chi connectivity index (χ1) is 22.5. The van der Waals surface area contributed by atoms with Gasteiger partial charge in [-0.1, -0.05) is 66.0 Å². The summed E-state index contributed by atoms with van der Waals surface area (Å²) in [7, 11) is 0. The van der Waals surface area contributed by atoms with Gasteiger partial charge < -0.3 is 20.8 Å². The van der Waals surface area contributed by atoms with Crippen LogP contribution in [0.3, 0.4) is 0 Å². The minimum absolute atomic E-state index is 0.0361. The SMILES string of the molecule is C=C(C)[C@@H]1CC[C@]2(C(=O)NCCCCCCCNC(=O)CCC(=O)O)CC[C@]3(C)[C@H](CC[C@@H]4[C@@]5(C)CC[C@H](O)C(C)(C)[C@@H]5CC[C@]43C)[C@@H]12. The van der Waals surface area contributed by atoms with Crippen molar-refractivity contribution in [2.75, 3.05) is 13.1 Å². The van der Waals surface area contributed by atoms with Gasteiger partial charge in [-0.2, -0.15) is 0 Å². The third-order valence-corrected chi connectivity index (χ3v) is 16.0. The molecule has 0 radical (unpaired) electrons. The molecule has 5 rings (SSSR count). The molecule has 0 unspecified atom stereocenters. The van der Waals surface area contributed by atoms with Gasteiger partial charge in [0.2, 0.25) is 11.8 Å². The molecule has 5 fully saturated rings. The van der Waals surface area contributed by atoms with Gasteiger partial charge in [0.05, 0.1) is 17.9 Å². The number of carboxylic acid groups (broad SMARTS) is 1. The van der Waals surface area contributed by atoms with Crippen molar-refractivity contribution in [3.63, 3.8) is 0 Å². The molecular formula is C41H68N2O5. The fraction of sp³-hybridized carbons (Fsp3) is 0.878. The van der Waals surface area contributed by atoms with Crippen LogP contribution in [0.5, 0.6) is 0 Å². The highest BCUT2D eigenvalue weighted by atomic mass is 16.4. The minimum Gasteiger partial charge on any atom is -0.481 e. The summed E-state index contributed by atoms with van der Waals surface area (Å²) in [5.41, 5.74) is 1.65. The highest BCUT2D eigenvalue weighted by Crippen LogP contribution is 2.77. The number of fused-ring (bicyclic) bond motifs is 7. The van der Waals surface area contributed by atoms with E-state index < -0.39 is 5.97 Å². The van der Waals surface area contributed by atoms with Gasteiger partial charge in [-0.25, -0.2) is 0 Å². The van der Waals surface area contributed by atoms with Crippen LogP contribution in [0.2, 0.25) is 0 Å². The molecule has 5 saturated carbocycles. The Morgan fingerprint density at radius 2 is 1.40 bits per heavy atom. The number of aliphatic hydroxyl groups excluding tert-OH is 1. The molecular weight excluding hydrogens is 600 g/mol. The number of unbranched alkanes of at least 4 members (excludes halogenated alkanes) is 4. The highest BCUT2D eigenvalue weighted by molar-refractivity contribution is 5.84. The molecule has 0 aromatic heterocycles. The molecule has 2 amide bonds. The van der Waals surface area contributed by atoms with Crippen molar-refractivity contribution in [3.05, 3.63) is 12.2 Å². The van der Waals surface area contributed by atoms with Crippen LogP contribution in [0.1, 0.15) is 151 Å². The number of rotatable bonds is 13. The summed E-state index contributed by atoms with van der Waals surface area (Å²) in [5, 5.41) is 26.0. The summed E-state index contributed by atoms with van der Waals surface area (Å²) in [6, 6.07) is 0. The number of carboxylic acids is 1. The van der Waals surface area contributed by atoms with Crippen LogP contribution in [0.25, 0.3) is 0 Å². The Morgan fingerprint density at radius 3 is 2.06 bits per heavy atom. The number of hydrogen-bond acceptors (Lipinski definition) is 4. The Hall–Kier alpha value is -1.89. The number of hydrogen-bond donors (Lipinski definition) is 4. The summed E-state index contributed by atoms with van der Waals surface area (Å²) >= 11 is 0. The van der Waals surface area contributed by atoms with Gasteiger partial charge in [-0.3, -0.25) is 14.4 Å². The molecule has 0 bridgehead atoms. The van der Waals surface area contributed by atoms with Crippen LogP contribution in [0.4, 0.5) is 0 Å². The second kappa shape index (κ2) is 14.0. The molecule has 0 aromatic rings. The third-order valence-electron chi connectivity index (χ3n) is 16.0. The number of allylic oxidation sites excluding steroid dienone is 1. The van der Waals surface area contributed by atoms with Crippen LogP contribution in [0.15, 0.2) is 12.2 Å². The summed E-state index contributed by atoms with van der Waals surface area (Å²) in [4.78, 5) is 36.7. The van der Waals surface area contributed by atoms with Crippen LogP contribution < -0.4 is 10.6 Å². The van der Waals surface area contributed by atoms with Crippen molar-refractivity contribution >= 4 is 17.8 Å². The number of aliphatic carboxylic acids is 1. The number of carbonyl (C=O) groups excluding carboxylic acids is 2. The fourth-order valence-corrected chi connectivity index (χ4v) is 13.2. The molecule has 5 aliphatic carbocycles. The van der Waals surface area contributed by atoms with Crippen molar-refractivity contribution < 1.29 is 24.6 Å². The molecule has 4 N–H and O–H groups in total. The Kier molecular flexibility index (Phi) is 10.9. The van der Waals surface area contributed by atoms with Gasteiger partial charge in [0, 0.05) is 19.5 Å². The first-order valence-corrected chi connectivity index (χ1v) is 19.6. The van der Waals surface area contributed by atoms with E-state index in [1.54, 1.807) is 0 Å². The van der Waals surface area contributed by atoms with Crippen LogP contribution in [-0.4, -0.2) is 47.2 Å². The molecule has 7 heteroatoms. The van der Waals surface area contributed by atoms with Gasteiger partial charge in [0.1, 0.15) is 0 Å². The zero-order valence-electron chi connectivity index (χ0n) is 31.2. The fourth-order valence-electron chi connectivity index (χ4n) is 13.2. The zero-order valence-corrected chi connectivity index (χ0v) is 31.2. The van der Waals surface area contributed by atoms with Gasteiger partial charge in [-0.05, 0) is 135 Å². The molecule has 272 valence electrons. The topological polar surface area (TPSA) is 116 Å². The van der Waals surface area contributed by atoms with Gasteiger partial charge >= 0.3 is 5.97 Å². The Labute approximate surface area is 291 Å². The lowest BCUT2D eigenvalue weighted by molar-refractivity contribution is -0.246. The second-order valence-electron chi connectivity index (χ2n) is 18.5. The number of aliphatic hydroxyl groups is 1. The maximum atomic E-state index is 14.3. The third kappa shape index (κ3) is 6.30. The van der Waals surface area contributed by atoms with Gasteiger partial charge in [0.15, 0.2) is 0 Å². The molecule has 10 atom stereocenters. The summed E-state index contributed by atoms with van der Waals surface area (Å²) in [5.74, 6) is 1.70. The maximum Gasteiger partial charge on any atom is 0.303 e. The quantitative estimate of drug-likeness (QED) is 0.117. The summed E-state index contributed by atoms with van der Waals surface area (Å²) in [6.07, 6.45) is 15.8. The molecule has 48 heavy (non-hydrogen) atoms. The first kappa shape index (κ1) is 37.4. The second-order valence-corrected chi connectivity index (χ2v) is 18.5. The van der Waals surface area contributed by atoms with Crippen molar-refractivity contribution in [2.24, 2.45) is 56.7 Å². The van der Waals surface area contributed by atoms with Crippen LogP contribution >= 0.6 is 0 Å². The van der Waals surface area contributed by atoms with Crippen molar-refractivity contribution in [1.82, 2.24) is 10.6 Å². The molecule has 5 aliphatic rings. The van der Waals surface area contributed by atoms with E-state index in [1.165, 1.54) is 31.3 Å². The molecule has 0 heterocycles. The molecule has 0 saturated heterocycles. The van der Waals surface area contributed by atoms with E-state index in [0.29, 0.717) is 42.0 Å². The van der Waals surface area contributed by atoms with Gasteiger partial charge in [-0.15, -0.1) is 0 Å². The predicted octanol–water partition coefficient (Wildman–Crippen LogP) is 8.05. The summed E-state index contributed by atoms with van der Waals surface area (Å²) in [6.45, 7) is 20.6. The Balaban J connectivity index is 1.20. The van der Waals surface area contributed by atoms with E-state index >= 15 is 0 Å². The van der Waals surface area contributed by atoms with Crippen LogP contribution in [0, 0.1) is 56.7 Å². The standard InChI is InChI=1S/C41H68N2O5/c1-27(2)28-17-22-41(36(48)43-26-12-10-8-9-11-25-42-33(45)15-16-34(46)47)24-23-39(6)29(35(28)41)13-14-31-38(5)20-19-32(44)37(3,4)30(38)18-21-40(31,39)7/h28-32,35,44H,1,8-26H2,2-7H3,(H,42,45)(H,43,48)(H,46,47)/t28-,29+,30-,31+,32-,35+,38-,39+,40+,41-/m0/s1. The maximum absolute atomic E-state index is 14.3. The van der Waals surface area contributed by atoms with Crippen molar-refractivity contribution in [1.29, 1.82) is 0 Å². The van der Waals surface area contributed by atoms with Crippen molar-refractivity contribution in [3.8, 4) is 0 Å². The van der Waals surface area contributed by atoms with E-state index in [9.17, 15) is 19.5 Å². The van der Waals surface area contributed by atoms with E-state index in [0.717, 1.165) is 77.2 Å². The van der Waals surface area contributed by atoms with Crippen molar-refractivity contribution in [2.45, 2.75) is 157 Å². The molecule has 0 aromatic carbocycles. The normalized spacial score (nSPS) is 41.2. The smallest absolute Gasteiger partial charge is 0.303 e. The lowest BCUT2D eigenvalue weighted by Gasteiger charge is -2.72. The number of amides is 2. The summed E-state index contributed by atoms with van der Waals surface area (Å²) < 4.78 is 0.